The maximum atomic E-state index is 11.3. The van der Waals surface area contributed by atoms with Crippen molar-refractivity contribution in [2.75, 3.05) is 26.3 Å². The summed E-state index contributed by atoms with van der Waals surface area (Å²) in [4.78, 5) is 11.3. The van der Waals surface area contributed by atoms with Gasteiger partial charge in [0.15, 0.2) is 0 Å². The monoisotopic (exact) mass is 187 g/mol. The molecule has 1 amide bonds. The van der Waals surface area contributed by atoms with Gasteiger partial charge in [0.2, 0.25) is 0 Å². The average Bonchev–Trinajstić information content (AvgIpc) is 2.18. The Kier molecular flexibility index (Phi) is 4.14. The molecule has 0 aromatic heterocycles. The first kappa shape index (κ1) is 10.4. The number of carbonyl (C=O) groups excluding carboxylic acids is 1. The summed E-state index contributed by atoms with van der Waals surface area (Å²) in [5.74, 6) is -0.107. The molecule has 1 fully saturated rings. The highest BCUT2D eigenvalue weighted by molar-refractivity contribution is 5.80. The molecule has 5 nitrogen and oxygen atoms in total. The molecule has 0 bridgehead atoms. The summed E-state index contributed by atoms with van der Waals surface area (Å²) >= 11 is 0. The lowest BCUT2D eigenvalue weighted by molar-refractivity contribution is -0.129. The lowest BCUT2D eigenvalue weighted by Gasteiger charge is -2.27. The Balaban J connectivity index is 2.26. The Labute approximate surface area is 78.2 Å². The van der Waals surface area contributed by atoms with Crippen molar-refractivity contribution < 1.29 is 9.53 Å². The molecule has 0 radical (unpaired) electrons. The molecule has 3 N–H and O–H groups in total. The van der Waals surface area contributed by atoms with Gasteiger partial charge in [-0.25, -0.2) is 5.01 Å². The number of morpholine rings is 1. The van der Waals surface area contributed by atoms with E-state index in [-0.39, 0.29) is 5.91 Å². The third kappa shape index (κ3) is 3.30. The first-order chi connectivity index (χ1) is 6.24. The van der Waals surface area contributed by atoms with Gasteiger partial charge in [0.1, 0.15) is 0 Å². The molecule has 76 valence electrons. The summed E-state index contributed by atoms with van der Waals surface area (Å²) in [6.07, 6.45) is 0.663. The van der Waals surface area contributed by atoms with Gasteiger partial charge in [-0.15, -0.1) is 0 Å². The van der Waals surface area contributed by atoms with E-state index in [2.05, 4.69) is 5.43 Å². The van der Waals surface area contributed by atoms with E-state index in [4.69, 9.17) is 10.5 Å². The predicted octanol–water partition coefficient (Wildman–Crippen LogP) is -0.913. The zero-order valence-corrected chi connectivity index (χ0v) is 7.95. The van der Waals surface area contributed by atoms with Crippen molar-refractivity contribution >= 4 is 5.91 Å². The first-order valence-corrected chi connectivity index (χ1v) is 4.62. The number of carbonyl (C=O) groups is 1. The Morgan fingerprint density at radius 3 is 2.77 bits per heavy atom. The van der Waals surface area contributed by atoms with Gasteiger partial charge < -0.3 is 10.5 Å². The van der Waals surface area contributed by atoms with Gasteiger partial charge in [0, 0.05) is 13.1 Å². The van der Waals surface area contributed by atoms with Crippen LogP contribution in [0.2, 0.25) is 0 Å². The van der Waals surface area contributed by atoms with Crippen LogP contribution in [0.15, 0.2) is 0 Å². The van der Waals surface area contributed by atoms with Gasteiger partial charge in [-0.3, -0.25) is 10.2 Å². The van der Waals surface area contributed by atoms with E-state index in [0.717, 1.165) is 13.1 Å². The largest absolute Gasteiger partial charge is 0.379 e. The number of hydrazine groups is 1. The summed E-state index contributed by atoms with van der Waals surface area (Å²) in [6, 6.07) is -0.400. The summed E-state index contributed by atoms with van der Waals surface area (Å²) in [7, 11) is 0. The summed E-state index contributed by atoms with van der Waals surface area (Å²) in [5.41, 5.74) is 8.32. The zero-order chi connectivity index (χ0) is 9.68. The van der Waals surface area contributed by atoms with Crippen LogP contribution >= 0.6 is 0 Å². The van der Waals surface area contributed by atoms with Gasteiger partial charge in [0.05, 0.1) is 19.3 Å². The van der Waals surface area contributed by atoms with Crippen LogP contribution in [0, 0.1) is 0 Å². The maximum absolute atomic E-state index is 11.3. The standard InChI is InChI=1S/C8H17N3O2/c1-2-7(9)8(12)10-11-3-5-13-6-4-11/h7H,2-6,9H2,1H3,(H,10,12). The Bertz CT molecular complexity index is 169. The number of nitrogens with two attached hydrogens (primary N) is 1. The van der Waals surface area contributed by atoms with Crippen LogP contribution in [0.3, 0.4) is 0 Å². The predicted molar refractivity (Wildman–Crippen MR) is 48.8 cm³/mol. The van der Waals surface area contributed by atoms with Gasteiger partial charge in [-0.05, 0) is 6.42 Å². The minimum absolute atomic E-state index is 0.107. The summed E-state index contributed by atoms with van der Waals surface area (Å²) < 4.78 is 5.14. The van der Waals surface area contributed by atoms with Crippen molar-refractivity contribution in [1.82, 2.24) is 10.4 Å². The second-order valence-electron chi connectivity index (χ2n) is 3.09. The normalized spacial score (nSPS) is 21.1. The topological polar surface area (TPSA) is 67.6 Å². The minimum atomic E-state index is -0.400. The van der Waals surface area contributed by atoms with Crippen molar-refractivity contribution in [3.63, 3.8) is 0 Å². The van der Waals surface area contributed by atoms with Crippen molar-refractivity contribution in [3.8, 4) is 0 Å². The number of nitrogens with zero attached hydrogens (tertiary/aromatic N) is 1. The fourth-order valence-electron chi connectivity index (χ4n) is 1.10. The molecule has 1 rings (SSSR count). The molecule has 0 aliphatic carbocycles. The average molecular weight is 187 g/mol. The number of rotatable bonds is 3. The SMILES string of the molecule is CCC(N)C(=O)NN1CCOCC1. The number of nitrogens with one attached hydrogen (secondary N) is 1. The molecule has 1 atom stereocenters. The van der Waals surface area contributed by atoms with Crippen LogP contribution in [-0.4, -0.2) is 43.3 Å². The molecule has 0 spiro atoms. The molecule has 5 heteroatoms. The molecular weight excluding hydrogens is 170 g/mol. The van der Waals surface area contributed by atoms with E-state index in [1.54, 1.807) is 0 Å². The fraction of sp³-hybridized carbons (Fsp3) is 0.875. The van der Waals surface area contributed by atoms with E-state index >= 15 is 0 Å². The highest BCUT2D eigenvalue weighted by Gasteiger charge is 2.16. The lowest BCUT2D eigenvalue weighted by atomic mass is 10.2. The molecule has 1 saturated heterocycles. The van der Waals surface area contributed by atoms with Crippen LogP contribution in [0.4, 0.5) is 0 Å². The second kappa shape index (κ2) is 5.16. The van der Waals surface area contributed by atoms with Crippen LogP contribution in [0.5, 0.6) is 0 Å². The molecule has 0 saturated carbocycles. The summed E-state index contributed by atoms with van der Waals surface area (Å²) in [5, 5.41) is 1.85. The smallest absolute Gasteiger partial charge is 0.251 e. The van der Waals surface area contributed by atoms with Crippen molar-refractivity contribution in [3.05, 3.63) is 0 Å². The zero-order valence-electron chi connectivity index (χ0n) is 7.95. The van der Waals surface area contributed by atoms with Gasteiger partial charge in [-0.1, -0.05) is 6.92 Å². The number of hydrogen-bond acceptors (Lipinski definition) is 4. The van der Waals surface area contributed by atoms with E-state index in [1.807, 2.05) is 11.9 Å². The summed E-state index contributed by atoms with van der Waals surface area (Å²) in [6.45, 7) is 4.71. The van der Waals surface area contributed by atoms with E-state index < -0.39 is 6.04 Å². The van der Waals surface area contributed by atoms with Crippen molar-refractivity contribution in [2.24, 2.45) is 5.73 Å². The molecule has 1 aliphatic rings. The molecule has 0 aromatic carbocycles. The number of ether oxygens (including phenoxy) is 1. The van der Waals surface area contributed by atoms with E-state index in [1.165, 1.54) is 0 Å². The number of amides is 1. The van der Waals surface area contributed by atoms with Crippen LogP contribution in [0.25, 0.3) is 0 Å². The lowest BCUT2D eigenvalue weighted by Crippen LogP contribution is -2.53. The third-order valence-electron chi connectivity index (χ3n) is 2.06. The second-order valence-corrected chi connectivity index (χ2v) is 3.09. The Morgan fingerprint density at radius 2 is 2.23 bits per heavy atom. The van der Waals surface area contributed by atoms with Crippen LogP contribution in [-0.2, 0) is 9.53 Å². The molecule has 1 aliphatic heterocycles. The molecule has 1 unspecified atom stereocenters. The van der Waals surface area contributed by atoms with E-state index in [9.17, 15) is 4.79 Å². The Morgan fingerprint density at radius 1 is 1.62 bits per heavy atom. The van der Waals surface area contributed by atoms with Gasteiger partial charge in [-0.2, -0.15) is 0 Å². The highest BCUT2D eigenvalue weighted by atomic mass is 16.5. The minimum Gasteiger partial charge on any atom is -0.379 e. The molecule has 1 heterocycles. The highest BCUT2D eigenvalue weighted by Crippen LogP contribution is 1.94. The molecular formula is C8H17N3O2. The van der Waals surface area contributed by atoms with Crippen LogP contribution in [0.1, 0.15) is 13.3 Å². The number of hydrogen-bond donors (Lipinski definition) is 2. The molecule has 13 heavy (non-hydrogen) atoms. The molecule has 0 aromatic rings. The van der Waals surface area contributed by atoms with Crippen molar-refractivity contribution in [1.29, 1.82) is 0 Å². The third-order valence-corrected chi connectivity index (χ3v) is 2.06. The Hall–Kier alpha value is -0.650. The van der Waals surface area contributed by atoms with E-state index in [0.29, 0.717) is 19.6 Å². The first-order valence-electron chi connectivity index (χ1n) is 4.62. The quantitative estimate of drug-likeness (QED) is 0.600. The fourth-order valence-corrected chi connectivity index (χ4v) is 1.10. The van der Waals surface area contributed by atoms with Crippen molar-refractivity contribution in [2.45, 2.75) is 19.4 Å². The van der Waals surface area contributed by atoms with Gasteiger partial charge in [0.25, 0.3) is 5.91 Å². The maximum Gasteiger partial charge on any atom is 0.251 e. The van der Waals surface area contributed by atoms with Gasteiger partial charge >= 0.3 is 0 Å². The van der Waals surface area contributed by atoms with Crippen LogP contribution < -0.4 is 11.2 Å².